The molecule has 0 aromatic rings. The molecule has 0 atom stereocenters. The summed E-state index contributed by atoms with van der Waals surface area (Å²) in [6.07, 6.45) is 8.13. The van der Waals surface area contributed by atoms with Crippen LogP contribution in [0.25, 0.3) is 0 Å². The molecule has 0 radical (unpaired) electrons. The molecule has 0 aliphatic heterocycles. The Hall–Kier alpha value is -1.81. The third-order valence-electron chi connectivity index (χ3n) is 2.66. The minimum Gasteiger partial charge on any atom is -0.456 e. The first-order chi connectivity index (χ1) is 9.08. The summed E-state index contributed by atoms with van der Waals surface area (Å²) in [5.41, 5.74) is 2.03. The second kappa shape index (κ2) is 9.15. The van der Waals surface area contributed by atoms with Crippen molar-refractivity contribution in [2.24, 2.45) is 0 Å². The summed E-state index contributed by atoms with van der Waals surface area (Å²) in [7, 11) is 1.84. The number of rotatable bonds is 6. The molecule has 0 saturated carbocycles. The van der Waals surface area contributed by atoms with Gasteiger partial charge < -0.3 is 15.4 Å². The summed E-state index contributed by atoms with van der Waals surface area (Å²) in [5.74, 6) is 0.941. The van der Waals surface area contributed by atoms with Gasteiger partial charge in [0.25, 0.3) is 5.91 Å². The molecule has 1 rings (SSSR count). The number of hydrogen-bond donors (Lipinski definition) is 2. The van der Waals surface area contributed by atoms with E-state index in [2.05, 4.69) is 16.7 Å². The first-order valence-electron chi connectivity index (χ1n) is 6.40. The highest BCUT2D eigenvalue weighted by molar-refractivity contribution is 5.93. The maximum absolute atomic E-state index is 12.1. The lowest BCUT2D eigenvalue weighted by Gasteiger charge is -2.13. The number of nitrogens with one attached hydrogen (secondary N) is 2. The fourth-order valence-electron chi connectivity index (χ4n) is 1.73. The second-order valence-electron chi connectivity index (χ2n) is 4.48. The zero-order chi connectivity index (χ0) is 14.3. The molecule has 0 heterocycles. The molecule has 0 aromatic heterocycles. The first-order valence-corrected chi connectivity index (χ1v) is 6.40. The Labute approximate surface area is 122 Å². The molecule has 0 fully saturated rings. The SMILES string of the molecule is C.C/C=C/NC(=O)/C(OC1=CC(C)=CC1)=C(/C)CNC. The average molecular weight is 278 g/mol. The molecule has 0 aromatic carbocycles. The summed E-state index contributed by atoms with van der Waals surface area (Å²) in [4.78, 5) is 12.1. The van der Waals surface area contributed by atoms with Crippen LogP contribution in [0.1, 0.15) is 34.6 Å². The number of likely N-dealkylation sites (N-methyl/N-ethyl adjacent to an activating group) is 1. The third-order valence-corrected chi connectivity index (χ3v) is 2.66. The van der Waals surface area contributed by atoms with Crippen molar-refractivity contribution in [3.05, 3.63) is 47.1 Å². The Bertz CT molecular complexity index is 457. The van der Waals surface area contributed by atoms with E-state index in [9.17, 15) is 4.79 Å². The van der Waals surface area contributed by atoms with Crippen LogP contribution >= 0.6 is 0 Å². The van der Waals surface area contributed by atoms with Crippen LogP contribution in [-0.2, 0) is 9.53 Å². The first kappa shape index (κ1) is 18.2. The Morgan fingerprint density at radius 1 is 1.50 bits per heavy atom. The number of carbonyl (C=O) groups is 1. The monoisotopic (exact) mass is 278 g/mol. The predicted octanol–water partition coefficient (Wildman–Crippen LogP) is 3.02. The quantitative estimate of drug-likeness (QED) is 0.580. The lowest BCUT2D eigenvalue weighted by atomic mass is 10.2. The van der Waals surface area contributed by atoms with Gasteiger partial charge in [-0.05, 0) is 45.7 Å². The van der Waals surface area contributed by atoms with Gasteiger partial charge in [-0.25, -0.2) is 0 Å². The van der Waals surface area contributed by atoms with E-state index < -0.39 is 0 Å². The van der Waals surface area contributed by atoms with Crippen LogP contribution in [0.15, 0.2) is 47.1 Å². The fourth-order valence-corrected chi connectivity index (χ4v) is 1.73. The smallest absolute Gasteiger partial charge is 0.290 e. The summed E-state index contributed by atoms with van der Waals surface area (Å²) in [5, 5.41) is 5.71. The van der Waals surface area contributed by atoms with Gasteiger partial charge in [0.05, 0.1) is 0 Å². The van der Waals surface area contributed by atoms with E-state index in [4.69, 9.17) is 4.74 Å². The van der Waals surface area contributed by atoms with E-state index in [1.54, 1.807) is 12.3 Å². The molecule has 1 aliphatic rings. The molecule has 0 spiro atoms. The number of allylic oxidation sites excluding steroid dienone is 4. The molecule has 0 bridgehead atoms. The lowest BCUT2D eigenvalue weighted by molar-refractivity contribution is -0.119. The van der Waals surface area contributed by atoms with Crippen LogP contribution in [-0.4, -0.2) is 19.5 Å². The highest BCUT2D eigenvalue weighted by Crippen LogP contribution is 2.22. The molecule has 1 amide bonds. The predicted molar refractivity (Wildman–Crippen MR) is 83.9 cm³/mol. The van der Waals surface area contributed by atoms with Gasteiger partial charge in [0.2, 0.25) is 0 Å². The van der Waals surface area contributed by atoms with Crippen molar-refractivity contribution in [2.75, 3.05) is 13.6 Å². The highest BCUT2D eigenvalue weighted by atomic mass is 16.5. The van der Waals surface area contributed by atoms with Gasteiger partial charge in [-0.2, -0.15) is 0 Å². The molecule has 112 valence electrons. The standard InChI is InChI=1S/C15H22N2O2.CH4/c1-5-8-17-15(18)14(12(3)10-16-4)19-13-7-6-11(2)9-13;/h5-6,8-9,16H,7,10H2,1-4H3,(H,17,18);1H4/b8-5+,14-12+;. The molecule has 20 heavy (non-hydrogen) atoms. The van der Waals surface area contributed by atoms with Crippen LogP contribution in [0.2, 0.25) is 0 Å². The van der Waals surface area contributed by atoms with Crippen molar-refractivity contribution in [3.63, 3.8) is 0 Å². The van der Waals surface area contributed by atoms with Crippen molar-refractivity contribution >= 4 is 5.91 Å². The van der Waals surface area contributed by atoms with Gasteiger partial charge in [-0.15, -0.1) is 0 Å². The summed E-state index contributed by atoms with van der Waals surface area (Å²) >= 11 is 0. The molecule has 1 aliphatic carbocycles. The average Bonchev–Trinajstić information content (AvgIpc) is 2.79. The van der Waals surface area contributed by atoms with Crippen LogP contribution in [0.3, 0.4) is 0 Å². The Morgan fingerprint density at radius 2 is 2.20 bits per heavy atom. The lowest BCUT2D eigenvalue weighted by Crippen LogP contribution is -2.24. The van der Waals surface area contributed by atoms with E-state index >= 15 is 0 Å². The Morgan fingerprint density at radius 3 is 2.70 bits per heavy atom. The van der Waals surface area contributed by atoms with Crippen molar-refractivity contribution in [1.29, 1.82) is 0 Å². The third kappa shape index (κ3) is 5.45. The zero-order valence-corrected chi connectivity index (χ0v) is 12.0. The summed E-state index contributed by atoms with van der Waals surface area (Å²) in [6.45, 7) is 6.35. The van der Waals surface area contributed by atoms with E-state index in [0.717, 1.165) is 23.3 Å². The van der Waals surface area contributed by atoms with Gasteiger partial charge in [0, 0.05) is 13.0 Å². The maximum atomic E-state index is 12.1. The minimum atomic E-state index is -0.226. The van der Waals surface area contributed by atoms with Crippen LogP contribution in [0, 0.1) is 0 Å². The fraction of sp³-hybridized carbons (Fsp3) is 0.438. The second-order valence-corrected chi connectivity index (χ2v) is 4.48. The largest absolute Gasteiger partial charge is 0.456 e. The van der Waals surface area contributed by atoms with Crippen molar-refractivity contribution in [1.82, 2.24) is 10.6 Å². The molecular formula is C16H26N2O2. The van der Waals surface area contributed by atoms with Crippen molar-refractivity contribution in [2.45, 2.75) is 34.6 Å². The maximum Gasteiger partial charge on any atom is 0.290 e. The van der Waals surface area contributed by atoms with Gasteiger partial charge >= 0.3 is 0 Å². The van der Waals surface area contributed by atoms with Crippen LogP contribution in [0.5, 0.6) is 0 Å². The number of ether oxygens (including phenoxy) is 1. The van der Waals surface area contributed by atoms with Gasteiger partial charge in [-0.1, -0.05) is 25.2 Å². The summed E-state index contributed by atoms with van der Waals surface area (Å²) in [6, 6.07) is 0. The zero-order valence-electron chi connectivity index (χ0n) is 12.0. The van der Waals surface area contributed by atoms with E-state index in [-0.39, 0.29) is 13.3 Å². The van der Waals surface area contributed by atoms with E-state index in [1.807, 2.05) is 33.9 Å². The Kier molecular flexibility index (Phi) is 8.32. The highest BCUT2D eigenvalue weighted by Gasteiger charge is 2.17. The van der Waals surface area contributed by atoms with Gasteiger partial charge in [0.1, 0.15) is 5.76 Å². The van der Waals surface area contributed by atoms with Crippen LogP contribution in [0.4, 0.5) is 0 Å². The molecule has 0 unspecified atom stereocenters. The number of amides is 1. The van der Waals surface area contributed by atoms with Gasteiger partial charge in [-0.3, -0.25) is 4.79 Å². The van der Waals surface area contributed by atoms with Crippen LogP contribution < -0.4 is 10.6 Å². The Balaban J connectivity index is 0.00000361. The molecule has 2 N–H and O–H groups in total. The van der Waals surface area contributed by atoms with E-state index in [0.29, 0.717) is 12.3 Å². The molecule has 4 nitrogen and oxygen atoms in total. The van der Waals surface area contributed by atoms with Gasteiger partial charge in [0.15, 0.2) is 5.76 Å². The van der Waals surface area contributed by atoms with Crippen molar-refractivity contribution < 1.29 is 9.53 Å². The minimum absolute atomic E-state index is 0. The number of hydrogen-bond acceptors (Lipinski definition) is 3. The number of carbonyl (C=O) groups excluding carboxylic acids is 1. The summed E-state index contributed by atoms with van der Waals surface area (Å²) < 4.78 is 5.76. The topological polar surface area (TPSA) is 50.4 Å². The van der Waals surface area contributed by atoms with Crippen molar-refractivity contribution in [3.8, 4) is 0 Å². The molecular weight excluding hydrogens is 252 g/mol. The molecule has 4 heteroatoms. The normalized spacial score (nSPS) is 15.2. The molecule has 0 saturated heterocycles. The van der Waals surface area contributed by atoms with E-state index in [1.165, 1.54) is 0 Å².